The second-order valence-corrected chi connectivity index (χ2v) is 9.95. The molecular weight excluding hydrogens is 420 g/mol. The van der Waals surface area contributed by atoms with Gasteiger partial charge in [0.2, 0.25) is 5.91 Å². The lowest BCUT2D eigenvalue weighted by Gasteiger charge is -2.27. The van der Waals surface area contributed by atoms with Crippen LogP contribution in [0.4, 0.5) is 5.82 Å². The van der Waals surface area contributed by atoms with E-state index in [0.29, 0.717) is 18.8 Å². The van der Waals surface area contributed by atoms with Gasteiger partial charge in [-0.2, -0.15) is 0 Å². The summed E-state index contributed by atoms with van der Waals surface area (Å²) < 4.78 is 5.38. The minimum absolute atomic E-state index is 0.0752. The Morgan fingerprint density at radius 3 is 2.32 bits per heavy atom. The molecule has 0 aliphatic rings. The quantitative estimate of drug-likeness (QED) is 0.311. The van der Waals surface area contributed by atoms with Gasteiger partial charge in [-0.25, -0.2) is 4.98 Å². The largest absolute Gasteiger partial charge is 0.496 e. The van der Waals surface area contributed by atoms with Crippen molar-refractivity contribution in [1.29, 1.82) is 0 Å². The first kappa shape index (κ1) is 23.5. The Hall–Kier alpha value is -3.66. The van der Waals surface area contributed by atoms with Crippen molar-refractivity contribution in [3.8, 4) is 16.9 Å². The van der Waals surface area contributed by atoms with Gasteiger partial charge in [-0.05, 0) is 58.2 Å². The van der Waals surface area contributed by atoms with Crippen LogP contribution in [0.1, 0.15) is 38.3 Å². The molecule has 0 bridgehead atoms. The number of rotatable bonds is 6. The number of anilines is 1. The number of fused-ring (bicyclic) bond motifs is 1. The molecule has 1 amide bonds. The van der Waals surface area contributed by atoms with E-state index in [2.05, 4.69) is 68.2 Å². The molecular formula is C30H32N2O2. The Kier molecular flexibility index (Phi) is 6.69. The van der Waals surface area contributed by atoms with Crippen molar-refractivity contribution in [2.24, 2.45) is 5.41 Å². The highest BCUT2D eigenvalue weighted by molar-refractivity contribution is 6.02. The summed E-state index contributed by atoms with van der Waals surface area (Å²) in [5.74, 6) is 1.67. The molecule has 34 heavy (non-hydrogen) atoms. The normalized spacial score (nSPS) is 11.4. The van der Waals surface area contributed by atoms with E-state index in [1.807, 2.05) is 42.2 Å². The third-order valence-corrected chi connectivity index (χ3v) is 5.91. The Morgan fingerprint density at radius 2 is 1.65 bits per heavy atom. The monoisotopic (exact) mass is 452 g/mol. The Labute approximate surface area is 202 Å². The van der Waals surface area contributed by atoms with Gasteiger partial charge in [0.25, 0.3) is 0 Å². The van der Waals surface area contributed by atoms with Gasteiger partial charge in [-0.1, -0.05) is 75.4 Å². The van der Waals surface area contributed by atoms with Crippen LogP contribution < -0.4 is 9.64 Å². The molecule has 0 unspecified atom stereocenters. The maximum atomic E-state index is 13.5. The first-order valence-electron chi connectivity index (χ1n) is 11.6. The first-order valence-corrected chi connectivity index (χ1v) is 11.6. The summed E-state index contributed by atoms with van der Waals surface area (Å²) in [7, 11) is 1.69. The third kappa shape index (κ3) is 5.28. The lowest BCUT2D eigenvalue weighted by molar-refractivity contribution is -0.120. The molecule has 0 atom stereocenters. The summed E-state index contributed by atoms with van der Waals surface area (Å²) in [6, 6.07) is 24.7. The lowest BCUT2D eigenvalue weighted by Crippen LogP contribution is -2.34. The number of methoxy groups -OCH3 is 1. The van der Waals surface area contributed by atoms with Gasteiger partial charge in [0.05, 0.1) is 13.7 Å². The summed E-state index contributed by atoms with van der Waals surface area (Å²) in [5, 5.41) is 2.06. The number of aryl methyl sites for hydroxylation is 1. The summed E-state index contributed by atoms with van der Waals surface area (Å²) in [6.45, 7) is 8.78. The zero-order valence-electron chi connectivity index (χ0n) is 20.6. The topological polar surface area (TPSA) is 42.4 Å². The molecule has 4 aromatic rings. The molecule has 0 N–H and O–H groups in total. The standard InChI is InChI=1S/C30H32N2O2/c1-21-18-25(14-15-27(21)34-5)23-12-10-22(11-13-23)20-32(28(33)19-30(2,3)4)29-26-9-7-6-8-24(26)16-17-31-29/h6-18H,19-20H2,1-5H3. The number of carbonyl (C=O) groups excluding carboxylic acids is 1. The fraction of sp³-hybridized carbons (Fsp3) is 0.267. The van der Waals surface area contributed by atoms with Gasteiger partial charge in [-0.3, -0.25) is 9.69 Å². The van der Waals surface area contributed by atoms with E-state index >= 15 is 0 Å². The van der Waals surface area contributed by atoms with Crippen molar-refractivity contribution in [3.63, 3.8) is 0 Å². The third-order valence-electron chi connectivity index (χ3n) is 5.91. The van der Waals surface area contributed by atoms with Crippen LogP contribution in [0, 0.1) is 12.3 Å². The maximum absolute atomic E-state index is 13.5. The zero-order chi connectivity index (χ0) is 24.3. The van der Waals surface area contributed by atoms with Gasteiger partial charge in [0.15, 0.2) is 0 Å². The molecule has 1 heterocycles. The summed E-state index contributed by atoms with van der Waals surface area (Å²) in [4.78, 5) is 19.9. The number of carbonyl (C=O) groups is 1. The molecule has 3 aromatic carbocycles. The highest BCUT2D eigenvalue weighted by Crippen LogP contribution is 2.30. The minimum Gasteiger partial charge on any atom is -0.496 e. The fourth-order valence-corrected chi connectivity index (χ4v) is 4.19. The average Bonchev–Trinajstić information content (AvgIpc) is 2.81. The van der Waals surface area contributed by atoms with Gasteiger partial charge in [0, 0.05) is 18.0 Å². The summed E-state index contributed by atoms with van der Waals surface area (Å²) in [5.41, 5.74) is 4.32. The fourth-order valence-electron chi connectivity index (χ4n) is 4.19. The molecule has 174 valence electrons. The zero-order valence-corrected chi connectivity index (χ0v) is 20.6. The predicted octanol–water partition coefficient (Wildman–Crippen LogP) is 7.19. The highest BCUT2D eigenvalue weighted by Gasteiger charge is 2.24. The SMILES string of the molecule is COc1ccc(-c2ccc(CN(C(=O)CC(C)(C)C)c3nccc4ccccc34)cc2)cc1C. The number of pyridine rings is 1. The van der Waals surface area contributed by atoms with Crippen LogP contribution in [-0.4, -0.2) is 18.0 Å². The number of benzene rings is 3. The maximum Gasteiger partial charge on any atom is 0.229 e. The number of ether oxygens (including phenoxy) is 1. The highest BCUT2D eigenvalue weighted by atomic mass is 16.5. The van der Waals surface area contributed by atoms with Crippen molar-refractivity contribution >= 4 is 22.5 Å². The van der Waals surface area contributed by atoms with Gasteiger partial charge >= 0.3 is 0 Å². The van der Waals surface area contributed by atoms with Crippen LogP contribution in [0.25, 0.3) is 21.9 Å². The summed E-state index contributed by atoms with van der Waals surface area (Å²) in [6.07, 6.45) is 2.23. The van der Waals surface area contributed by atoms with E-state index in [4.69, 9.17) is 4.74 Å². The molecule has 0 spiro atoms. The van der Waals surface area contributed by atoms with E-state index in [1.54, 1.807) is 13.3 Å². The van der Waals surface area contributed by atoms with Crippen LogP contribution in [0.5, 0.6) is 5.75 Å². The number of aromatic nitrogens is 1. The number of hydrogen-bond donors (Lipinski definition) is 0. The van der Waals surface area contributed by atoms with E-state index in [-0.39, 0.29) is 11.3 Å². The smallest absolute Gasteiger partial charge is 0.229 e. The number of amides is 1. The van der Waals surface area contributed by atoms with Crippen LogP contribution in [0.2, 0.25) is 0 Å². The Balaban J connectivity index is 1.66. The molecule has 0 fully saturated rings. The molecule has 0 saturated heterocycles. The molecule has 4 heteroatoms. The van der Waals surface area contributed by atoms with E-state index in [1.165, 1.54) is 0 Å². The molecule has 0 saturated carbocycles. The average molecular weight is 453 g/mol. The van der Waals surface area contributed by atoms with Crippen LogP contribution in [0.15, 0.2) is 79.0 Å². The molecule has 1 aromatic heterocycles. The van der Waals surface area contributed by atoms with Crippen LogP contribution in [-0.2, 0) is 11.3 Å². The molecule has 0 aliphatic carbocycles. The Morgan fingerprint density at radius 1 is 0.941 bits per heavy atom. The van der Waals surface area contributed by atoms with Crippen molar-refractivity contribution in [3.05, 3.63) is 90.1 Å². The van der Waals surface area contributed by atoms with Gasteiger partial charge in [-0.15, -0.1) is 0 Å². The van der Waals surface area contributed by atoms with Gasteiger partial charge in [0.1, 0.15) is 11.6 Å². The van der Waals surface area contributed by atoms with Crippen LogP contribution >= 0.6 is 0 Å². The van der Waals surface area contributed by atoms with Crippen molar-refractivity contribution in [1.82, 2.24) is 4.98 Å². The van der Waals surface area contributed by atoms with Crippen molar-refractivity contribution in [2.45, 2.75) is 40.7 Å². The van der Waals surface area contributed by atoms with E-state index < -0.39 is 0 Å². The second kappa shape index (κ2) is 9.68. The predicted molar refractivity (Wildman–Crippen MR) is 140 cm³/mol. The van der Waals surface area contributed by atoms with Crippen molar-refractivity contribution in [2.75, 3.05) is 12.0 Å². The minimum atomic E-state index is -0.115. The summed E-state index contributed by atoms with van der Waals surface area (Å²) >= 11 is 0. The Bertz CT molecular complexity index is 1300. The number of nitrogens with zero attached hydrogens (tertiary/aromatic N) is 2. The number of hydrogen-bond acceptors (Lipinski definition) is 3. The molecule has 4 rings (SSSR count). The second-order valence-electron chi connectivity index (χ2n) is 9.95. The molecule has 0 aliphatic heterocycles. The molecule has 0 radical (unpaired) electrons. The van der Waals surface area contributed by atoms with Crippen molar-refractivity contribution < 1.29 is 9.53 Å². The van der Waals surface area contributed by atoms with E-state index in [9.17, 15) is 4.79 Å². The van der Waals surface area contributed by atoms with Crippen LogP contribution in [0.3, 0.4) is 0 Å². The lowest BCUT2D eigenvalue weighted by atomic mass is 9.91. The van der Waals surface area contributed by atoms with E-state index in [0.717, 1.165) is 38.8 Å². The van der Waals surface area contributed by atoms with Gasteiger partial charge < -0.3 is 4.74 Å². The first-order chi connectivity index (χ1) is 16.2. The molecule has 4 nitrogen and oxygen atoms in total.